The number of carbonyl (C=O) groups excluding carboxylic acids is 2. The van der Waals surface area contributed by atoms with Crippen LogP contribution in [0, 0.1) is 6.92 Å². The van der Waals surface area contributed by atoms with Gasteiger partial charge < -0.3 is 10.2 Å². The van der Waals surface area contributed by atoms with E-state index < -0.39 is 11.3 Å². The molecule has 0 saturated carbocycles. The van der Waals surface area contributed by atoms with Crippen molar-refractivity contribution in [3.63, 3.8) is 0 Å². The Bertz CT molecular complexity index is 868. The summed E-state index contributed by atoms with van der Waals surface area (Å²) in [5.74, 6) is -0.429. The van der Waals surface area contributed by atoms with Gasteiger partial charge in [-0.25, -0.2) is 4.68 Å². The van der Waals surface area contributed by atoms with Gasteiger partial charge in [0.1, 0.15) is 0 Å². The summed E-state index contributed by atoms with van der Waals surface area (Å²) < 4.78 is 1.59. The molecule has 2 heterocycles. The maximum absolute atomic E-state index is 12.6. The number of hydrogen-bond acceptors (Lipinski definition) is 4. The molecule has 2 aromatic rings. The molecule has 3 rings (SSSR count). The number of aromatic nitrogens is 2. The quantitative estimate of drug-likeness (QED) is 0.900. The summed E-state index contributed by atoms with van der Waals surface area (Å²) in [6, 6.07) is 10.7. The monoisotopic (exact) mass is 354 g/mol. The second-order valence-electron chi connectivity index (χ2n) is 6.50. The van der Waals surface area contributed by atoms with Crippen molar-refractivity contribution in [2.24, 2.45) is 0 Å². The molecule has 1 aliphatic heterocycles. The maximum Gasteiger partial charge on any atom is 0.276 e. The smallest absolute Gasteiger partial charge is 0.276 e. The van der Waals surface area contributed by atoms with Crippen LogP contribution in [0.2, 0.25) is 0 Å². The van der Waals surface area contributed by atoms with Gasteiger partial charge >= 0.3 is 0 Å². The number of amides is 2. The van der Waals surface area contributed by atoms with Crippen LogP contribution < -0.4 is 10.7 Å². The van der Waals surface area contributed by atoms with Gasteiger partial charge in [0, 0.05) is 37.8 Å². The molecular weight excluding hydrogens is 332 g/mol. The van der Waals surface area contributed by atoms with E-state index in [-0.39, 0.29) is 17.6 Å². The van der Waals surface area contributed by atoms with E-state index >= 15 is 0 Å². The number of para-hydroxylation sites is 1. The highest BCUT2D eigenvalue weighted by molar-refractivity contribution is 5.92. The Morgan fingerprint density at radius 3 is 2.42 bits per heavy atom. The van der Waals surface area contributed by atoms with Gasteiger partial charge in [0.2, 0.25) is 11.3 Å². The van der Waals surface area contributed by atoms with E-state index in [4.69, 9.17) is 0 Å². The van der Waals surface area contributed by atoms with Crippen LogP contribution in [0.1, 0.15) is 35.9 Å². The first-order valence-corrected chi connectivity index (χ1v) is 8.68. The molecule has 7 nitrogen and oxygen atoms in total. The summed E-state index contributed by atoms with van der Waals surface area (Å²) in [4.78, 5) is 38.0. The van der Waals surface area contributed by atoms with Gasteiger partial charge in [-0.3, -0.25) is 14.4 Å². The molecule has 1 N–H and O–H groups in total. The fraction of sp³-hybridized carbons (Fsp3) is 0.368. The zero-order chi connectivity index (χ0) is 18.7. The first kappa shape index (κ1) is 17.8. The molecule has 0 aliphatic carbocycles. The molecule has 0 bridgehead atoms. The van der Waals surface area contributed by atoms with Gasteiger partial charge in [0.05, 0.1) is 5.69 Å². The highest BCUT2D eigenvalue weighted by atomic mass is 16.2. The average Bonchev–Trinajstić information content (AvgIpc) is 2.63. The molecule has 0 spiro atoms. The minimum absolute atomic E-state index is 0.0423. The van der Waals surface area contributed by atoms with Gasteiger partial charge in [-0.15, -0.1) is 0 Å². The zero-order valence-electron chi connectivity index (χ0n) is 14.9. The number of nitrogens with one attached hydrogen (secondary N) is 1. The molecule has 1 aromatic carbocycles. The normalized spacial score (nSPS) is 14.9. The summed E-state index contributed by atoms with van der Waals surface area (Å²) >= 11 is 0. The van der Waals surface area contributed by atoms with E-state index in [1.807, 2.05) is 30.3 Å². The second kappa shape index (κ2) is 7.51. The zero-order valence-corrected chi connectivity index (χ0v) is 14.9. The van der Waals surface area contributed by atoms with E-state index in [2.05, 4.69) is 10.4 Å². The third kappa shape index (κ3) is 3.82. The highest BCUT2D eigenvalue weighted by Crippen LogP contribution is 2.11. The third-order valence-electron chi connectivity index (χ3n) is 4.60. The maximum atomic E-state index is 12.6. The SMILES string of the molecule is CC(=O)N1CCC(NC(=O)c2nn(-c3ccccc3)c(C)cc2=O)CC1. The lowest BCUT2D eigenvalue weighted by atomic mass is 10.0. The van der Waals surface area contributed by atoms with Crippen molar-refractivity contribution >= 4 is 11.8 Å². The Hall–Kier alpha value is -2.96. The number of piperidine rings is 1. The molecule has 1 fully saturated rings. The van der Waals surface area contributed by atoms with E-state index in [0.29, 0.717) is 31.6 Å². The average molecular weight is 354 g/mol. The van der Waals surface area contributed by atoms with Gasteiger partial charge in [0.15, 0.2) is 5.69 Å². The molecule has 2 amide bonds. The van der Waals surface area contributed by atoms with Gasteiger partial charge in [-0.1, -0.05) is 18.2 Å². The third-order valence-corrected chi connectivity index (χ3v) is 4.60. The lowest BCUT2D eigenvalue weighted by molar-refractivity contribution is -0.129. The highest BCUT2D eigenvalue weighted by Gasteiger charge is 2.24. The van der Waals surface area contributed by atoms with Crippen LogP contribution in [0.25, 0.3) is 5.69 Å². The fourth-order valence-corrected chi connectivity index (χ4v) is 3.13. The first-order chi connectivity index (χ1) is 12.5. The number of nitrogens with zero attached hydrogens (tertiary/aromatic N) is 3. The van der Waals surface area contributed by atoms with Gasteiger partial charge in [-0.2, -0.15) is 5.10 Å². The van der Waals surface area contributed by atoms with Crippen molar-refractivity contribution in [2.75, 3.05) is 13.1 Å². The van der Waals surface area contributed by atoms with Crippen molar-refractivity contribution in [2.45, 2.75) is 32.7 Å². The standard InChI is InChI=1S/C19H22N4O3/c1-13-12-17(25)18(21-23(13)16-6-4-3-5-7-16)19(26)20-15-8-10-22(11-9-15)14(2)24/h3-7,12,15H,8-11H2,1-2H3,(H,20,26). The topological polar surface area (TPSA) is 84.3 Å². The van der Waals surface area contributed by atoms with E-state index in [0.717, 1.165) is 5.69 Å². The lowest BCUT2D eigenvalue weighted by Gasteiger charge is -2.31. The number of benzene rings is 1. The van der Waals surface area contributed by atoms with Crippen molar-refractivity contribution in [1.29, 1.82) is 0 Å². The van der Waals surface area contributed by atoms with Gasteiger partial charge in [0.25, 0.3) is 5.91 Å². The molecule has 7 heteroatoms. The molecule has 136 valence electrons. The Labute approximate surface area is 151 Å². The number of hydrogen-bond donors (Lipinski definition) is 1. The summed E-state index contributed by atoms with van der Waals surface area (Å²) in [6.07, 6.45) is 1.34. The lowest BCUT2D eigenvalue weighted by Crippen LogP contribution is -2.47. The number of aryl methyl sites for hydroxylation is 1. The summed E-state index contributed by atoms with van der Waals surface area (Å²) in [5.41, 5.74) is 0.933. The molecular formula is C19H22N4O3. The minimum Gasteiger partial charge on any atom is -0.348 e. The van der Waals surface area contributed by atoms with Crippen LogP contribution in [0.4, 0.5) is 0 Å². The van der Waals surface area contributed by atoms with Crippen molar-refractivity contribution in [3.8, 4) is 5.69 Å². The Kier molecular flexibility index (Phi) is 5.16. The molecule has 1 saturated heterocycles. The summed E-state index contributed by atoms with van der Waals surface area (Å²) in [7, 11) is 0. The number of likely N-dealkylation sites (tertiary alicyclic amines) is 1. The molecule has 0 radical (unpaired) electrons. The van der Waals surface area contributed by atoms with Crippen LogP contribution in [0.5, 0.6) is 0 Å². The van der Waals surface area contributed by atoms with Crippen LogP contribution in [-0.2, 0) is 4.79 Å². The molecule has 26 heavy (non-hydrogen) atoms. The largest absolute Gasteiger partial charge is 0.348 e. The Morgan fingerprint density at radius 2 is 1.81 bits per heavy atom. The van der Waals surface area contributed by atoms with Crippen molar-refractivity contribution in [3.05, 3.63) is 58.0 Å². The van der Waals surface area contributed by atoms with Crippen molar-refractivity contribution < 1.29 is 9.59 Å². The minimum atomic E-state index is -0.471. The van der Waals surface area contributed by atoms with Crippen LogP contribution in [0.3, 0.4) is 0 Å². The van der Waals surface area contributed by atoms with E-state index in [9.17, 15) is 14.4 Å². The number of carbonyl (C=O) groups is 2. The molecule has 1 aromatic heterocycles. The van der Waals surface area contributed by atoms with Crippen LogP contribution in [-0.4, -0.2) is 45.6 Å². The Morgan fingerprint density at radius 1 is 1.15 bits per heavy atom. The number of rotatable bonds is 3. The second-order valence-corrected chi connectivity index (χ2v) is 6.50. The Balaban J connectivity index is 1.78. The molecule has 0 unspecified atom stereocenters. The van der Waals surface area contributed by atoms with Gasteiger partial charge in [-0.05, 0) is 31.9 Å². The first-order valence-electron chi connectivity index (χ1n) is 8.68. The summed E-state index contributed by atoms with van der Waals surface area (Å²) in [6.45, 7) is 4.54. The fourth-order valence-electron chi connectivity index (χ4n) is 3.13. The molecule has 1 aliphatic rings. The predicted molar refractivity (Wildman–Crippen MR) is 97.3 cm³/mol. The molecule has 0 atom stereocenters. The van der Waals surface area contributed by atoms with E-state index in [1.165, 1.54) is 6.07 Å². The van der Waals surface area contributed by atoms with Crippen LogP contribution in [0.15, 0.2) is 41.2 Å². The van der Waals surface area contributed by atoms with Crippen LogP contribution >= 0.6 is 0 Å². The summed E-state index contributed by atoms with van der Waals surface area (Å²) in [5, 5.41) is 7.16. The predicted octanol–water partition coefficient (Wildman–Crippen LogP) is 1.28. The van der Waals surface area contributed by atoms with E-state index in [1.54, 1.807) is 23.4 Å². The van der Waals surface area contributed by atoms with Crippen molar-refractivity contribution in [1.82, 2.24) is 20.0 Å².